The molecule has 2 aromatic rings. The largest absolute Gasteiger partial charge is 0.411 e. The van der Waals surface area contributed by atoms with E-state index in [1.54, 1.807) is 0 Å². The number of nitrogens with zero attached hydrogens (tertiary/aromatic N) is 2. The summed E-state index contributed by atoms with van der Waals surface area (Å²) in [6.07, 6.45) is 2.03. The minimum absolute atomic E-state index is 0.584. The summed E-state index contributed by atoms with van der Waals surface area (Å²) < 4.78 is 5.44. The van der Waals surface area contributed by atoms with Crippen molar-refractivity contribution in [3.05, 3.63) is 30.0 Å². The number of aromatic nitrogens is 1. The van der Waals surface area contributed by atoms with Gasteiger partial charge in [-0.05, 0) is 17.6 Å². The van der Waals surface area contributed by atoms with Crippen molar-refractivity contribution >= 4 is 27.8 Å². The molecule has 66 valence electrons. The highest BCUT2D eigenvalue weighted by molar-refractivity contribution is 7.13. The molecule has 2 rings (SSSR count). The van der Waals surface area contributed by atoms with Gasteiger partial charge in [-0.15, -0.1) is 5.16 Å². The number of hydrogen-bond donors (Lipinski definition) is 1. The molecule has 0 unspecified atom stereocenters. The highest BCUT2D eigenvalue weighted by Gasteiger charge is 2.02. The zero-order chi connectivity index (χ0) is 9.10. The molecule has 0 saturated heterocycles. The number of fused-ring (bicyclic) bond motifs is 1. The third kappa shape index (κ3) is 1.53. The van der Waals surface area contributed by atoms with Crippen LogP contribution >= 0.6 is 11.5 Å². The first-order valence-corrected chi connectivity index (χ1v) is 4.68. The second kappa shape index (κ2) is 3.53. The van der Waals surface area contributed by atoms with Crippen molar-refractivity contribution in [1.82, 2.24) is 4.37 Å². The summed E-state index contributed by atoms with van der Waals surface area (Å²) in [6, 6.07) is 8.03. The first-order valence-electron chi connectivity index (χ1n) is 3.91. The number of benzene rings is 1. The quantitative estimate of drug-likeness (QED) is 0.451. The lowest BCUT2D eigenvalue weighted by Gasteiger charge is -1.89. The maximum absolute atomic E-state index is 8.28. The van der Waals surface area contributed by atoms with E-state index in [9.17, 15) is 0 Å². The van der Waals surface area contributed by atoms with Gasteiger partial charge in [-0.3, -0.25) is 0 Å². The first-order chi connectivity index (χ1) is 6.42. The van der Waals surface area contributed by atoms with E-state index in [0.29, 0.717) is 6.42 Å². The molecule has 1 N–H and O–H groups in total. The van der Waals surface area contributed by atoms with E-state index in [1.165, 1.54) is 22.4 Å². The molecule has 13 heavy (non-hydrogen) atoms. The average Bonchev–Trinajstić information content (AvgIpc) is 2.58. The second-order valence-electron chi connectivity index (χ2n) is 2.63. The van der Waals surface area contributed by atoms with Crippen LogP contribution in [0.15, 0.2) is 29.4 Å². The molecule has 3 nitrogen and oxygen atoms in total. The van der Waals surface area contributed by atoms with Crippen LogP contribution in [-0.2, 0) is 6.42 Å². The number of oxime groups is 1. The highest BCUT2D eigenvalue weighted by Crippen LogP contribution is 2.21. The van der Waals surface area contributed by atoms with Crippen molar-refractivity contribution < 1.29 is 5.21 Å². The summed E-state index contributed by atoms with van der Waals surface area (Å²) in [5.41, 5.74) is 0.971. The third-order valence-corrected chi connectivity index (χ3v) is 2.68. The van der Waals surface area contributed by atoms with Crippen LogP contribution in [-0.4, -0.2) is 15.8 Å². The normalized spacial score (nSPS) is 11.4. The summed E-state index contributed by atoms with van der Waals surface area (Å²) in [5.74, 6) is 0. The van der Waals surface area contributed by atoms with Gasteiger partial charge in [0.05, 0.1) is 10.4 Å². The van der Waals surface area contributed by atoms with E-state index in [0.717, 1.165) is 11.1 Å². The van der Waals surface area contributed by atoms with Crippen LogP contribution in [0.1, 0.15) is 5.69 Å². The standard InChI is InChI=1S/C9H8N2OS/c12-10-6-5-8-7-3-1-2-4-9(7)13-11-8/h1-4,6,12H,5H2/b10-6+. The van der Waals surface area contributed by atoms with Gasteiger partial charge in [0.25, 0.3) is 0 Å². The molecule has 0 fully saturated rings. The molecule has 0 aliphatic rings. The Kier molecular flexibility index (Phi) is 2.23. The van der Waals surface area contributed by atoms with Crippen molar-refractivity contribution in [2.75, 3.05) is 0 Å². The third-order valence-electron chi connectivity index (χ3n) is 1.82. The van der Waals surface area contributed by atoms with Crippen molar-refractivity contribution in [1.29, 1.82) is 0 Å². The zero-order valence-electron chi connectivity index (χ0n) is 6.84. The summed E-state index contributed by atoms with van der Waals surface area (Å²) in [6.45, 7) is 0. The minimum Gasteiger partial charge on any atom is -0.411 e. The number of rotatable bonds is 2. The Morgan fingerprint density at radius 1 is 1.46 bits per heavy atom. The van der Waals surface area contributed by atoms with Gasteiger partial charge >= 0.3 is 0 Å². The van der Waals surface area contributed by atoms with Gasteiger partial charge in [0.2, 0.25) is 0 Å². The molecule has 0 aliphatic heterocycles. The Morgan fingerprint density at radius 3 is 3.15 bits per heavy atom. The predicted molar refractivity (Wildman–Crippen MR) is 53.6 cm³/mol. The van der Waals surface area contributed by atoms with Crippen molar-refractivity contribution in [3.8, 4) is 0 Å². The molecule has 0 saturated carbocycles. The van der Waals surface area contributed by atoms with Gasteiger partial charge in [-0.25, -0.2) is 0 Å². The Labute approximate surface area is 79.5 Å². The van der Waals surface area contributed by atoms with Gasteiger partial charge in [-0.1, -0.05) is 18.2 Å². The second-order valence-corrected chi connectivity index (χ2v) is 3.43. The fraction of sp³-hybridized carbons (Fsp3) is 0.111. The van der Waals surface area contributed by atoms with E-state index in [1.807, 2.05) is 24.3 Å². The van der Waals surface area contributed by atoms with Gasteiger partial charge in [0.15, 0.2) is 0 Å². The first kappa shape index (κ1) is 8.19. The van der Waals surface area contributed by atoms with E-state index in [-0.39, 0.29) is 0 Å². The molecule has 0 spiro atoms. The summed E-state index contributed by atoms with van der Waals surface area (Å²) in [5, 5.41) is 12.4. The van der Waals surface area contributed by atoms with Crippen molar-refractivity contribution in [2.24, 2.45) is 5.16 Å². The SMILES string of the molecule is O/N=C/Cc1nsc2ccccc12. The van der Waals surface area contributed by atoms with Crippen LogP contribution in [0.2, 0.25) is 0 Å². The Balaban J connectivity index is 2.45. The Bertz CT molecular complexity index is 436. The highest BCUT2D eigenvalue weighted by atomic mass is 32.1. The van der Waals surface area contributed by atoms with Gasteiger partial charge in [0.1, 0.15) is 0 Å². The van der Waals surface area contributed by atoms with E-state index in [4.69, 9.17) is 5.21 Å². The lowest BCUT2D eigenvalue weighted by molar-refractivity contribution is 0.320. The lowest BCUT2D eigenvalue weighted by atomic mass is 10.2. The summed E-state index contributed by atoms with van der Waals surface area (Å²) in [4.78, 5) is 0. The molecule has 0 atom stereocenters. The monoisotopic (exact) mass is 192 g/mol. The number of hydrogen-bond acceptors (Lipinski definition) is 4. The average molecular weight is 192 g/mol. The molecule has 1 heterocycles. The van der Waals surface area contributed by atoms with E-state index in [2.05, 4.69) is 9.53 Å². The van der Waals surface area contributed by atoms with Crippen LogP contribution in [0.3, 0.4) is 0 Å². The van der Waals surface area contributed by atoms with Crippen LogP contribution < -0.4 is 0 Å². The van der Waals surface area contributed by atoms with Gasteiger partial charge < -0.3 is 5.21 Å². The van der Waals surface area contributed by atoms with Crippen LogP contribution in [0.4, 0.5) is 0 Å². The molecule has 0 aliphatic carbocycles. The Hall–Kier alpha value is -1.42. The molecule has 4 heteroatoms. The smallest absolute Gasteiger partial charge is 0.0675 e. The molecular formula is C9H8N2OS. The van der Waals surface area contributed by atoms with Crippen LogP contribution in [0.5, 0.6) is 0 Å². The molecule has 1 aromatic heterocycles. The van der Waals surface area contributed by atoms with Crippen LogP contribution in [0, 0.1) is 0 Å². The molecule has 0 radical (unpaired) electrons. The van der Waals surface area contributed by atoms with Gasteiger partial charge in [0, 0.05) is 18.0 Å². The van der Waals surface area contributed by atoms with Crippen molar-refractivity contribution in [2.45, 2.75) is 6.42 Å². The maximum Gasteiger partial charge on any atom is 0.0675 e. The van der Waals surface area contributed by atoms with Gasteiger partial charge in [-0.2, -0.15) is 4.37 Å². The molecule has 0 bridgehead atoms. The molecular weight excluding hydrogens is 184 g/mol. The molecule has 1 aromatic carbocycles. The van der Waals surface area contributed by atoms with Crippen molar-refractivity contribution in [3.63, 3.8) is 0 Å². The zero-order valence-corrected chi connectivity index (χ0v) is 7.66. The topological polar surface area (TPSA) is 45.5 Å². The fourth-order valence-corrected chi connectivity index (χ4v) is 2.02. The summed E-state index contributed by atoms with van der Waals surface area (Å²) >= 11 is 1.47. The fourth-order valence-electron chi connectivity index (χ4n) is 1.21. The van der Waals surface area contributed by atoms with E-state index < -0.39 is 0 Å². The minimum atomic E-state index is 0.584. The molecule has 0 amide bonds. The Morgan fingerprint density at radius 2 is 2.31 bits per heavy atom. The maximum atomic E-state index is 8.28. The lowest BCUT2D eigenvalue weighted by Crippen LogP contribution is -1.85. The van der Waals surface area contributed by atoms with Crippen LogP contribution in [0.25, 0.3) is 10.1 Å². The predicted octanol–water partition coefficient (Wildman–Crippen LogP) is 2.30. The summed E-state index contributed by atoms with van der Waals surface area (Å²) in [7, 11) is 0. The van der Waals surface area contributed by atoms with E-state index >= 15 is 0 Å².